The summed E-state index contributed by atoms with van der Waals surface area (Å²) in [6, 6.07) is 0. The number of carboxylic acids is 1. The average molecular weight is 230 g/mol. The molecule has 0 aliphatic carbocycles. The fourth-order valence-electron chi connectivity index (χ4n) is 0.641. The predicted octanol–water partition coefficient (Wildman–Crippen LogP) is 1.64. The molecule has 0 saturated heterocycles. The largest absolute Gasteiger partial charge is 0.479 e. The lowest BCUT2D eigenvalue weighted by Gasteiger charge is -2.18. The van der Waals surface area contributed by atoms with Gasteiger partial charge in [0.05, 0.1) is 6.61 Å². The van der Waals surface area contributed by atoms with E-state index in [2.05, 4.69) is 10.2 Å². The quantitative estimate of drug-likeness (QED) is 0.574. The number of carboxylic acid groups (broad SMARTS) is 1. The second kappa shape index (κ2) is 5.05. The molecule has 1 N–H and O–H groups in total. The summed E-state index contributed by atoms with van der Waals surface area (Å²) in [5.74, 6) is -1.63. The van der Waals surface area contributed by atoms with Gasteiger partial charge in [-0.05, 0) is 34.6 Å². The molecule has 0 aromatic carbocycles. The number of carbonyl (C=O) groups is 2. The van der Waals surface area contributed by atoms with Crippen LogP contribution < -0.4 is 0 Å². The van der Waals surface area contributed by atoms with Crippen LogP contribution in [0.25, 0.3) is 0 Å². The molecule has 0 amide bonds. The highest BCUT2D eigenvalue weighted by Gasteiger charge is 2.32. The fraction of sp³-hybridized carbons (Fsp3) is 0.800. The van der Waals surface area contributed by atoms with E-state index in [4.69, 9.17) is 9.84 Å². The highest BCUT2D eigenvalue weighted by Crippen LogP contribution is 2.17. The Kier molecular flexibility index (Phi) is 4.59. The highest BCUT2D eigenvalue weighted by molar-refractivity contribution is 5.80. The standard InChI is InChI=1S/C10H18N2O4/c1-6-16-8(15)10(4,5)12-11-9(2,3)7(13)14/h6H2,1-5H3,(H,13,14)/b12-11+. The lowest BCUT2D eigenvalue weighted by atomic mass is 10.1. The molecule has 0 spiro atoms. The SMILES string of the molecule is CCOC(=O)C(C)(C)/N=N/C(C)(C)C(=O)O. The zero-order valence-corrected chi connectivity index (χ0v) is 10.3. The van der Waals surface area contributed by atoms with Crippen molar-refractivity contribution in [2.45, 2.75) is 45.7 Å². The van der Waals surface area contributed by atoms with Crippen molar-refractivity contribution in [2.75, 3.05) is 6.61 Å². The second-order valence-corrected chi connectivity index (χ2v) is 4.34. The van der Waals surface area contributed by atoms with Crippen LogP contribution in [0.1, 0.15) is 34.6 Å². The third kappa shape index (κ3) is 3.96. The van der Waals surface area contributed by atoms with Gasteiger partial charge in [-0.2, -0.15) is 10.2 Å². The normalized spacial score (nSPS) is 12.8. The molecule has 0 aliphatic heterocycles. The van der Waals surface area contributed by atoms with Gasteiger partial charge in [0.15, 0.2) is 11.1 Å². The van der Waals surface area contributed by atoms with Gasteiger partial charge in [0, 0.05) is 0 Å². The Balaban J connectivity index is 4.76. The van der Waals surface area contributed by atoms with E-state index in [0.717, 1.165) is 0 Å². The van der Waals surface area contributed by atoms with Crippen LogP contribution in [0, 0.1) is 0 Å². The smallest absolute Gasteiger partial charge is 0.335 e. The van der Waals surface area contributed by atoms with Gasteiger partial charge in [-0.25, -0.2) is 9.59 Å². The van der Waals surface area contributed by atoms with Crippen LogP contribution >= 0.6 is 0 Å². The summed E-state index contributed by atoms with van der Waals surface area (Å²) in [4.78, 5) is 22.2. The molecule has 0 unspecified atom stereocenters. The molecule has 6 nitrogen and oxygen atoms in total. The molecular formula is C10H18N2O4. The van der Waals surface area contributed by atoms with Crippen LogP contribution in [0.2, 0.25) is 0 Å². The summed E-state index contributed by atoms with van der Waals surface area (Å²) < 4.78 is 4.79. The maximum atomic E-state index is 11.4. The van der Waals surface area contributed by atoms with Gasteiger partial charge >= 0.3 is 11.9 Å². The van der Waals surface area contributed by atoms with Crippen LogP contribution in [-0.2, 0) is 14.3 Å². The van der Waals surface area contributed by atoms with Crippen LogP contribution in [-0.4, -0.2) is 34.7 Å². The van der Waals surface area contributed by atoms with E-state index in [0.29, 0.717) is 0 Å². The Morgan fingerprint density at radius 3 is 1.94 bits per heavy atom. The molecular weight excluding hydrogens is 212 g/mol. The summed E-state index contributed by atoms with van der Waals surface area (Å²) in [6.45, 7) is 7.78. The van der Waals surface area contributed by atoms with Gasteiger partial charge in [-0.1, -0.05) is 0 Å². The minimum atomic E-state index is -1.34. The zero-order chi connectivity index (χ0) is 13.0. The number of esters is 1. The Bertz CT molecular complexity index is 308. The number of aliphatic carboxylic acids is 1. The summed E-state index contributed by atoms with van der Waals surface area (Å²) in [5, 5.41) is 16.2. The van der Waals surface area contributed by atoms with E-state index >= 15 is 0 Å². The minimum absolute atomic E-state index is 0.250. The molecule has 92 valence electrons. The van der Waals surface area contributed by atoms with Gasteiger partial charge < -0.3 is 9.84 Å². The molecule has 0 bridgehead atoms. The third-order valence-electron chi connectivity index (χ3n) is 1.85. The highest BCUT2D eigenvalue weighted by atomic mass is 16.5. The van der Waals surface area contributed by atoms with Crippen molar-refractivity contribution < 1.29 is 19.4 Å². The van der Waals surface area contributed by atoms with Crippen molar-refractivity contribution in [1.29, 1.82) is 0 Å². The Morgan fingerprint density at radius 1 is 1.12 bits per heavy atom. The molecule has 0 saturated carbocycles. The fourth-order valence-corrected chi connectivity index (χ4v) is 0.641. The van der Waals surface area contributed by atoms with Gasteiger partial charge in [0.2, 0.25) is 0 Å². The monoisotopic (exact) mass is 230 g/mol. The van der Waals surface area contributed by atoms with Crippen LogP contribution in [0.4, 0.5) is 0 Å². The van der Waals surface area contributed by atoms with Crippen molar-refractivity contribution in [3.8, 4) is 0 Å². The molecule has 0 atom stereocenters. The summed E-state index contributed by atoms with van der Waals surface area (Å²) in [6.07, 6.45) is 0. The first kappa shape index (κ1) is 14.5. The molecule has 0 aromatic rings. The van der Waals surface area contributed by atoms with Gasteiger partial charge in [-0.15, -0.1) is 0 Å². The molecule has 0 rings (SSSR count). The number of azo groups is 1. The van der Waals surface area contributed by atoms with Gasteiger partial charge in [0.1, 0.15) is 0 Å². The average Bonchev–Trinajstić information content (AvgIpc) is 2.15. The molecule has 0 heterocycles. The summed E-state index contributed by atoms with van der Waals surface area (Å²) >= 11 is 0. The van der Waals surface area contributed by atoms with E-state index in [1.807, 2.05) is 0 Å². The minimum Gasteiger partial charge on any atom is -0.479 e. The van der Waals surface area contributed by atoms with Crippen molar-refractivity contribution in [3.63, 3.8) is 0 Å². The zero-order valence-electron chi connectivity index (χ0n) is 10.3. The summed E-state index contributed by atoms with van der Waals surface area (Å²) in [7, 11) is 0. The van der Waals surface area contributed by atoms with Crippen LogP contribution in [0.3, 0.4) is 0 Å². The molecule has 0 aliphatic rings. The van der Waals surface area contributed by atoms with Gasteiger partial charge in [-0.3, -0.25) is 0 Å². The summed E-state index contributed by atoms with van der Waals surface area (Å²) in [5.41, 5.74) is -2.51. The van der Waals surface area contributed by atoms with Gasteiger partial charge in [0.25, 0.3) is 0 Å². The number of hydrogen-bond donors (Lipinski definition) is 1. The second-order valence-electron chi connectivity index (χ2n) is 4.34. The Labute approximate surface area is 94.7 Å². The lowest BCUT2D eigenvalue weighted by Crippen LogP contribution is -2.34. The Hall–Kier alpha value is -1.46. The topological polar surface area (TPSA) is 88.3 Å². The number of hydrogen-bond acceptors (Lipinski definition) is 5. The van der Waals surface area contributed by atoms with Crippen molar-refractivity contribution in [1.82, 2.24) is 0 Å². The first-order chi connectivity index (χ1) is 7.13. The van der Waals surface area contributed by atoms with E-state index in [-0.39, 0.29) is 6.61 Å². The lowest BCUT2D eigenvalue weighted by molar-refractivity contribution is -0.149. The van der Waals surface area contributed by atoms with E-state index in [1.54, 1.807) is 6.92 Å². The first-order valence-electron chi connectivity index (χ1n) is 4.98. The number of carbonyl (C=O) groups excluding carboxylic acids is 1. The van der Waals surface area contributed by atoms with Crippen molar-refractivity contribution in [2.24, 2.45) is 10.2 Å². The Morgan fingerprint density at radius 2 is 1.56 bits per heavy atom. The predicted molar refractivity (Wildman–Crippen MR) is 57.3 cm³/mol. The first-order valence-corrected chi connectivity index (χ1v) is 4.98. The van der Waals surface area contributed by atoms with Crippen LogP contribution in [0.5, 0.6) is 0 Å². The van der Waals surface area contributed by atoms with Crippen molar-refractivity contribution >= 4 is 11.9 Å². The van der Waals surface area contributed by atoms with E-state index in [9.17, 15) is 9.59 Å². The molecule has 0 fully saturated rings. The third-order valence-corrected chi connectivity index (χ3v) is 1.85. The molecule has 0 radical (unpaired) electrons. The van der Waals surface area contributed by atoms with Crippen LogP contribution in [0.15, 0.2) is 10.2 Å². The number of nitrogens with zero attached hydrogens (tertiary/aromatic N) is 2. The molecule has 0 aromatic heterocycles. The molecule has 6 heteroatoms. The maximum Gasteiger partial charge on any atom is 0.335 e. The van der Waals surface area contributed by atoms with Crippen molar-refractivity contribution in [3.05, 3.63) is 0 Å². The number of rotatable bonds is 5. The maximum absolute atomic E-state index is 11.4. The van der Waals surface area contributed by atoms with E-state index in [1.165, 1.54) is 27.7 Å². The van der Waals surface area contributed by atoms with E-state index < -0.39 is 23.0 Å². The molecule has 16 heavy (non-hydrogen) atoms. The number of ether oxygens (including phenoxy) is 1.